The summed E-state index contributed by atoms with van der Waals surface area (Å²) >= 11 is 7.53. The first-order valence-corrected chi connectivity index (χ1v) is 8.38. The number of carboxylic acid groups (broad SMARTS) is 1. The fraction of sp³-hybridized carbons (Fsp3) is 0.467. The molecule has 1 amide bonds. The van der Waals surface area contributed by atoms with E-state index in [0.717, 1.165) is 10.6 Å². The summed E-state index contributed by atoms with van der Waals surface area (Å²) < 4.78 is 5.34. The Balaban J connectivity index is 2.25. The lowest BCUT2D eigenvalue weighted by Crippen LogP contribution is -2.51. The van der Waals surface area contributed by atoms with Crippen LogP contribution in [0.25, 0.3) is 0 Å². The molecule has 0 aromatic heterocycles. The SMILES string of the molecule is CCSc1cc(Cl)ccc1C(=O)N1CC(C(=O)O)O[C@H](C)C1. The second-order valence-corrected chi connectivity index (χ2v) is 6.80. The summed E-state index contributed by atoms with van der Waals surface area (Å²) in [4.78, 5) is 26.2. The Labute approximate surface area is 138 Å². The van der Waals surface area contributed by atoms with Crippen LogP contribution in [0.3, 0.4) is 0 Å². The number of nitrogens with zero attached hydrogens (tertiary/aromatic N) is 1. The largest absolute Gasteiger partial charge is 0.479 e. The van der Waals surface area contributed by atoms with Crippen molar-refractivity contribution >= 4 is 35.2 Å². The van der Waals surface area contributed by atoms with Crippen LogP contribution < -0.4 is 0 Å². The van der Waals surface area contributed by atoms with Crippen LogP contribution in [0.15, 0.2) is 23.1 Å². The molecule has 2 atom stereocenters. The summed E-state index contributed by atoms with van der Waals surface area (Å²) in [5, 5.41) is 9.69. The van der Waals surface area contributed by atoms with Crippen LogP contribution in [0.5, 0.6) is 0 Å². The van der Waals surface area contributed by atoms with Gasteiger partial charge in [-0.15, -0.1) is 11.8 Å². The second kappa shape index (κ2) is 7.35. The monoisotopic (exact) mass is 343 g/mol. The molecule has 0 radical (unpaired) electrons. The highest BCUT2D eigenvalue weighted by Crippen LogP contribution is 2.28. The molecule has 22 heavy (non-hydrogen) atoms. The van der Waals surface area contributed by atoms with Crippen LogP contribution in [0.2, 0.25) is 5.02 Å². The van der Waals surface area contributed by atoms with E-state index in [-0.39, 0.29) is 18.6 Å². The molecule has 1 unspecified atom stereocenters. The van der Waals surface area contributed by atoms with Gasteiger partial charge in [0.25, 0.3) is 5.91 Å². The third-order valence-electron chi connectivity index (χ3n) is 3.30. The summed E-state index contributed by atoms with van der Waals surface area (Å²) in [5.74, 6) is -0.421. The number of rotatable bonds is 4. The van der Waals surface area contributed by atoms with Gasteiger partial charge in [0.15, 0.2) is 6.10 Å². The Morgan fingerprint density at radius 3 is 2.82 bits per heavy atom. The lowest BCUT2D eigenvalue weighted by Gasteiger charge is -2.35. The fourth-order valence-electron chi connectivity index (χ4n) is 2.37. The third-order valence-corrected chi connectivity index (χ3v) is 4.47. The first-order chi connectivity index (χ1) is 10.4. The topological polar surface area (TPSA) is 66.8 Å². The fourth-order valence-corrected chi connectivity index (χ4v) is 3.44. The Morgan fingerprint density at radius 2 is 2.18 bits per heavy atom. The van der Waals surface area contributed by atoms with Gasteiger partial charge in [-0.25, -0.2) is 4.79 Å². The van der Waals surface area contributed by atoms with Gasteiger partial charge in [-0.3, -0.25) is 4.79 Å². The quantitative estimate of drug-likeness (QED) is 0.851. The van der Waals surface area contributed by atoms with E-state index < -0.39 is 12.1 Å². The van der Waals surface area contributed by atoms with Gasteiger partial charge in [-0.05, 0) is 30.9 Å². The van der Waals surface area contributed by atoms with Gasteiger partial charge in [0.2, 0.25) is 0 Å². The van der Waals surface area contributed by atoms with Crippen LogP contribution >= 0.6 is 23.4 Å². The summed E-state index contributed by atoms with van der Waals surface area (Å²) in [7, 11) is 0. The minimum Gasteiger partial charge on any atom is -0.479 e. The first kappa shape index (κ1) is 17.1. The van der Waals surface area contributed by atoms with Crippen molar-refractivity contribution in [3.8, 4) is 0 Å². The standard InChI is InChI=1S/C15H18ClNO4S/c1-3-22-13-6-10(16)4-5-11(13)14(18)17-7-9(2)21-12(8-17)15(19)20/h4-6,9,12H,3,7-8H2,1-2H3,(H,19,20)/t9-,12?/m1/s1. The molecular weight excluding hydrogens is 326 g/mol. The first-order valence-electron chi connectivity index (χ1n) is 7.02. The molecule has 1 saturated heterocycles. The Hall–Kier alpha value is -1.24. The maximum absolute atomic E-state index is 12.7. The highest BCUT2D eigenvalue weighted by atomic mass is 35.5. The van der Waals surface area contributed by atoms with E-state index in [1.54, 1.807) is 25.1 Å². The zero-order valence-electron chi connectivity index (χ0n) is 12.4. The van der Waals surface area contributed by atoms with Crippen molar-refractivity contribution in [1.29, 1.82) is 0 Å². The smallest absolute Gasteiger partial charge is 0.334 e. The normalized spacial score (nSPS) is 21.7. The molecule has 7 heteroatoms. The summed E-state index contributed by atoms with van der Waals surface area (Å²) in [6.07, 6.45) is -1.30. The van der Waals surface area contributed by atoms with Crippen molar-refractivity contribution in [2.75, 3.05) is 18.8 Å². The number of thioether (sulfide) groups is 1. The molecule has 1 fully saturated rings. The molecule has 5 nitrogen and oxygen atoms in total. The minimum absolute atomic E-state index is 0.0529. The van der Waals surface area contributed by atoms with E-state index in [9.17, 15) is 9.59 Å². The zero-order valence-corrected chi connectivity index (χ0v) is 14.0. The number of benzene rings is 1. The molecule has 0 saturated carbocycles. The summed E-state index contributed by atoms with van der Waals surface area (Å²) in [6.45, 7) is 4.19. The number of morpholine rings is 1. The van der Waals surface area contributed by atoms with Gasteiger partial charge in [0.05, 0.1) is 18.2 Å². The predicted octanol–water partition coefficient (Wildman–Crippen LogP) is 2.77. The average Bonchev–Trinajstić information content (AvgIpc) is 2.46. The molecule has 1 aromatic rings. The van der Waals surface area contributed by atoms with E-state index >= 15 is 0 Å². The molecule has 0 aliphatic carbocycles. The Kier molecular flexibility index (Phi) is 5.72. The van der Waals surface area contributed by atoms with Gasteiger partial charge >= 0.3 is 5.97 Å². The molecule has 2 rings (SSSR count). The number of hydrogen-bond acceptors (Lipinski definition) is 4. The molecule has 1 aliphatic rings. The maximum Gasteiger partial charge on any atom is 0.334 e. The molecule has 0 bridgehead atoms. The van der Waals surface area contributed by atoms with Crippen LogP contribution in [-0.2, 0) is 9.53 Å². The average molecular weight is 344 g/mol. The van der Waals surface area contributed by atoms with E-state index in [0.29, 0.717) is 17.1 Å². The van der Waals surface area contributed by atoms with Crippen LogP contribution in [0, 0.1) is 0 Å². The van der Waals surface area contributed by atoms with Crippen molar-refractivity contribution < 1.29 is 19.4 Å². The molecule has 1 N–H and O–H groups in total. The van der Waals surface area contributed by atoms with Crippen LogP contribution in [-0.4, -0.2) is 52.9 Å². The highest BCUT2D eigenvalue weighted by molar-refractivity contribution is 7.99. The van der Waals surface area contributed by atoms with Gasteiger partial charge in [-0.1, -0.05) is 18.5 Å². The molecule has 120 valence electrons. The lowest BCUT2D eigenvalue weighted by atomic mass is 10.1. The number of hydrogen-bond donors (Lipinski definition) is 1. The van der Waals surface area contributed by atoms with Gasteiger partial charge in [0.1, 0.15) is 0 Å². The molecular formula is C15H18ClNO4S. The van der Waals surface area contributed by atoms with E-state index in [2.05, 4.69) is 0 Å². The second-order valence-electron chi connectivity index (χ2n) is 5.06. The molecule has 1 aliphatic heterocycles. The van der Waals surface area contributed by atoms with E-state index in [1.807, 2.05) is 6.92 Å². The van der Waals surface area contributed by atoms with Crippen molar-refractivity contribution in [3.63, 3.8) is 0 Å². The Morgan fingerprint density at radius 1 is 1.45 bits per heavy atom. The number of ether oxygens (including phenoxy) is 1. The number of carboxylic acids is 1. The molecule has 0 spiro atoms. The predicted molar refractivity (Wildman–Crippen MR) is 85.7 cm³/mol. The zero-order chi connectivity index (χ0) is 16.3. The highest BCUT2D eigenvalue weighted by Gasteiger charge is 2.33. The molecule has 1 heterocycles. The van der Waals surface area contributed by atoms with Crippen molar-refractivity contribution in [2.45, 2.75) is 31.0 Å². The van der Waals surface area contributed by atoms with Gasteiger partial charge in [0, 0.05) is 16.5 Å². The van der Waals surface area contributed by atoms with Crippen LogP contribution in [0.1, 0.15) is 24.2 Å². The number of amides is 1. The van der Waals surface area contributed by atoms with Gasteiger partial charge < -0.3 is 14.7 Å². The maximum atomic E-state index is 12.7. The number of carbonyl (C=O) groups is 2. The Bertz CT molecular complexity index is 581. The number of carbonyl (C=O) groups excluding carboxylic acids is 1. The number of aliphatic carboxylic acids is 1. The lowest BCUT2D eigenvalue weighted by molar-refractivity contribution is -0.160. The van der Waals surface area contributed by atoms with Crippen molar-refractivity contribution in [3.05, 3.63) is 28.8 Å². The minimum atomic E-state index is -1.05. The third kappa shape index (κ3) is 3.94. The van der Waals surface area contributed by atoms with Crippen molar-refractivity contribution in [1.82, 2.24) is 4.90 Å². The number of halogens is 1. The summed E-state index contributed by atoms with van der Waals surface area (Å²) in [5.41, 5.74) is 0.550. The van der Waals surface area contributed by atoms with Crippen LogP contribution in [0.4, 0.5) is 0 Å². The van der Waals surface area contributed by atoms with Gasteiger partial charge in [-0.2, -0.15) is 0 Å². The van der Waals surface area contributed by atoms with E-state index in [4.69, 9.17) is 21.4 Å². The summed E-state index contributed by atoms with van der Waals surface area (Å²) in [6, 6.07) is 5.13. The molecule has 1 aromatic carbocycles. The van der Waals surface area contributed by atoms with E-state index in [1.165, 1.54) is 16.7 Å². The van der Waals surface area contributed by atoms with Crippen molar-refractivity contribution in [2.24, 2.45) is 0 Å².